The van der Waals surface area contributed by atoms with Gasteiger partial charge in [-0.15, -0.1) is 10.2 Å². The highest BCUT2D eigenvalue weighted by Gasteiger charge is 2.21. The highest BCUT2D eigenvalue weighted by Crippen LogP contribution is 2.37. The minimum absolute atomic E-state index is 0.110. The molecule has 4 aromatic rings. The molecule has 34 heavy (non-hydrogen) atoms. The summed E-state index contributed by atoms with van der Waals surface area (Å²) >= 11 is 1.27. The number of fused-ring (bicyclic) bond motifs is 1. The number of benzene rings is 2. The van der Waals surface area contributed by atoms with Crippen LogP contribution in [0.15, 0.2) is 70.2 Å². The summed E-state index contributed by atoms with van der Waals surface area (Å²) in [4.78, 5) is 23.8. The van der Waals surface area contributed by atoms with Gasteiger partial charge in [0.15, 0.2) is 28.2 Å². The van der Waals surface area contributed by atoms with Crippen molar-refractivity contribution in [3.05, 3.63) is 72.2 Å². The molecule has 0 unspecified atom stereocenters. The molecule has 0 bridgehead atoms. The van der Waals surface area contributed by atoms with Crippen LogP contribution in [-0.2, 0) is 11.3 Å². The minimum atomic E-state index is -0.189. The predicted molar refractivity (Wildman–Crippen MR) is 124 cm³/mol. The zero-order valence-electron chi connectivity index (χ0n) is 18.2. The summed E-state index contributed by atoms with van der Waals surface area (Å²) in [5, 5.41) is 12.0. The highest BCUT2D eigenvalue weighted by molar-refractivity contribution is 7.99. The minimum Gasteiger partial charge on any atom is -0.456 e. The van der Waals surface area contributed by atoms with E-state index in [-0.39, 0.29) is 36.5 Å². The molecule has 172 valence electrons. The Kier molecular flexibility index (Phi) is 6.05. The number of nitrogens with zero attached hydrogens (tertiary/aromatic N) is 3. The van der Waals surface area contributed by atoms with Crippen LogP contribution in [0.3, 0.4) is 0 Å². The van der Waals surface area contributed by atoms with Gasteiger partial charge in [-0.05, 0) is 42.5 Å². The largest absolute Gasteiger partial charge is 0.456 e. The van der Waals surface area contributed by atoms with Crippen LogP contribution >= 0.6 is 11.8 Å². The average molecular weight is 477 g/mol. The van der Waals surface area contributed by atoms with Gasteiger partial charge in [0.2, 0.25) is 18.5 Å². The molecule has 0 atom stereocenters. The molecular formula is C24H20N4O5S. The molecular weight excluding hydrogens is 456 g/mol. The van der Waals surface area contributed by atoms with Crippen molar-refractivity contribution in [2.75, 3.05) is 12.5 Å². The van der Waals surface area contributed by atoms with Crippen molar-refractivity contribution in [3.8, 4) is 28.6 Å². The van der Waals surface area contributed by atoms with E-state index >= 15 is 0 Å². The first-order chi connectivity index (χ1) is 16.6. The zero-order chi connectivity index (χ0) is 23.5. The Morgan fingerprint density at radius 1 is 1.03 bits per heavy atom. The van der Waals surface area contributed by atoms with Gasteiger partial charge in [0.05, 0.1) is 12.3 Å². The van der Waals surface area contributed by atoms with E-state index in [2.05, 4.69) is 15.5 Å². The van der Waals surface area contributed by atoms with Crippen molar-refractivity contribution in [3.63, 3.8) is 0 Å². The summed E-state index contributed by atoms with van der Waals surface area (Å²) in [6.45, 7) is 1.84. The molecule has 9 nitrogen and oxygen atoms in total. The fourth-order valence-electron chi connectivity index (χ4n) is 3.43. The summed E-state index contributed by atoms with van der Waals surface area (Å²) < 4.78 is 18.4. The number of hydrogen-bond acceptors (Lipinski definition) is 8. The topological polar surface area (TPSA) is 108 Å². The number of Topliss-reactive ketones (excluding diaryl/α,β-unsaturated/α-hetero) is 1. The molecule has 0 saturated carbocycles. The summed E-state index contributed by atoms with van der Waals surface area (Å²) in [6.07, 6.45) is 0. The van der Waals surface area contributed by atoms with Gasteiger partial charge >= 0.3 is 0 Å². The third kappa shape index (κ3) is 4.53. The molecule has 0 spiro atoms. The molecule has 10 heteroatoms. The Morgan fingerprint density at radius 3 is 2.68 bits per heavy atom. The number of carbonyl (C=O) groups is 2. The van der Waals surface area contributed by atoms with Crippen molar-refractivity contribution < 1.29 is 23.5 Å². The lowest BCUT2D eigenvalue weighted by Crippen LogP contribution is -2.18. The number of aromatic nitrogens is 3. The number of furan rings is 1. The number of para-hydroxylation sites is 1. The van der Waals surface area contributed by atoms with Crippen molar-refractivity contribution >= 4 is 23.5 Å². The van der Waals surface area contributed by atoms with Gasteiger partial charge in [-0.25, -0.2) is 0 Å². The van der Waals surface area contributed by atoms with Crippen LogP contribution in [-0.4, -0.2) is 39.0 Å². The smallest absolute Gasteiger partial charge is 0.231 e. The Labute approximate surface area is 199 Å². The van der Waals surface area contributed by atoms with E-state index in [0.29, 0.717) is 28.2 Å². The van der Waals surface area contributed by atoms with E-state index in [1.807, 2.05) is 53.1 Å². The van der Waals surface area contributed by atoms with Gasteiger partial charge in [0.1, 0.15) is 5.76 Å². The Morgan fingerprint density at radius 2 is 1.85 bits per heavy atom. The van der Waals surface area contributed by atoms with Crippen LogP contribution < -0.4 is 14.8 Å². The van der Waals surface area contributed by atoms with Crippen LogP contribution in [0.1, 0.15) is 23.2 Å². The quantitative estimate of drug-likeness (QED) is 0.302. The monoisotopic (exact) mass is 476 g/mol. The Balaban J connectivity index is 1.39. The molecule has 1 aliphatic heterocycles. The molecule has 0 radical (unpaired) electrons. The normalized spacial score (nSPS) is 12.0. The number of ether oxygens (including phenoxy) is 2. The van der Waals surface area contributed by atoms with Gasteiger partial charge in [0.25, 0.3) is 0 Å². The van der Waals surface area contributed by atoms with Crippen LogP contribution in [0, 0.1) is 0 Å². The van der Waals surface area contributed by atoms with Crippen LogP contribution in [0.2, 0.25) is 0 Å². The number of ketones is 1. The molecule has 0 aliphatic carbocycles. The summed E-state index contributed by atoms with van der Waals surface area (Å²) in [6, 6.07) is 18.6. The second-order valence-corrected chi connectivity index (χ2v) is 8.38. The average Bonchev–Trinajstić information content (AvgIpc) is 3.60. The molecule has 1 N–H and O–H groups in total. The standard InChI is InChI=1S/C24H20N4O5S/c1-15(29)25-12-18-8-10-20(33-18)19(30)13-34-24-27-26-23(28(24)17-5-3-2-4-6-17)16-7-9-21-22(11-16)32-14-31-21/h2-11H,12-14H2,1H3,(H,25,29). The van der Waals surface area contributed by atoms with Gasteiger partial charge in [-0.3, -0.25) is 14.2 Å². The SMILES string of the molecule is CC(=O)NCc1ccc(C(=O)CSc2nnc(-c3ccc4c(c3)OCO4)n2-c2ccccc2)o1. The zero-order valence-corrected chi connectivity index (χ0v) is 19.0. The lowest BCUT2D eigenvalue weighted by atomic mass is 10.2. The number of carbonyl (C=O) groups excluding carboxylic acids is 2. The van der Waals surface area contributed by atoms with Crippen molar-refractivity contribution in [2.45, 2.75) is 18.6 Å². The first-order valence-electron chi connectivity index (χ1n) is 10.5. The Hall–Kier alpha value is -4.05. The fourth-order valence-corrected chi connectivity index (χ4v) is 4.25. The summed E-state index contributed by atoms with van der Waals surface area (Å²) in [5.41, 5.74) is 1.68. The molecule has 0 fully saturated rings. The second kappa shape index (κ2) is 9.44. The highest BCUT2D eigenvalue weighted by atomic mass is 32.2. The maximum Gasteiger partial charge on any atom is 0.231 e. The van der Waals surface area contributed by atoms with E-state index in [0.717, 1.165) is 11.3 Å². The van der Waals surface area contributed by atoms with E-state index in [1.54, 1.807) is 12.1 Å². The first-order valence-corrected chi connectivity index (χ1v) is 11.5. The molecule has 5 rings (SSSR count). The first kappa shape index (κ1) is 21.8. The number of hydrogen-bond donors (Lipinski definition) is 1. The van der Waals surface area contributed by atoms with Gasteiger partial charge < -0.3 is 19.2 Å². The van der Waals surface area contributed by atoms with E-state index < -0.39 is 0 Å². The van der Waals surface area contributed by atoms with E-state index in [9.17, 15) is 9.59 Å². The number of nitrogens with one attached hydrogen (secondary N) is 1. The van der Waals surface area contributed by atoms with E-state index in [4.69, 9.17) is 13.9 Å². The molecule has 2 aromatic carbocycles. The van der Waals surface area contributed by atoms with Gasteiger partial charge in [-0.2, -0.15) is 0 Å². The molecule has 3 heterocycles. The number of rotatable bonds is 8. The third-order valence-electron chi connectivity index (χ3n) is 5.06. The molecule has 1 amide bonds. The molecule has 2 aromatic heterocycles. The molecule has 1 aliphatic rings. The maximum atomic E-state index is 12.7. The van der Waals surface area contributed by atoms with Crippen molar-refractivity contribution in [1.29, 1.82) is 0 Å². The third-order valence-corrected chi connectivity index (χ3v) is 5.99. The van der Waals surface area contributed by atoms with E-state index in [1.165, 1.54) is 18.7 Å². The summed E-state index contributed by atoms with van der Waals surface area (Å²) in [5.74, 6) is 2.46. The molecule has 0 saturated heterocycles. The van der Waals surface area contributed by atoms with Crippen LogP contribution in [0.5, 0.6) is 11.5 Å². The van der Waals surface area contributed by atoms with Gasteiger partial charge in [-0.1, -0.05) is 30.0 Å². The van der Waals surface area contributed by atoms with Crippen molar-refractivity contribution in [2.24, 2.45) is 0 Å². The summed E-state index contributed by atoms with van der Waals surface area (Å²) in [7, 11) is 0. The Bertz CT molecular complexity index is 1350. The van der Waals surface area contributed by atoms with Crippen LogP contribution in [0.4, 0.5) is 0 Å². The van der Waals surface area contributed by atoms with Crippen molar-refractivity contribution in [1.82, 2.24) is 20.1 Å². The lowest BCUT2D eigenvalue weighted by Gasteiger charge is -2.10. The number of amides is 1. The second-order valence-electron chi connectivity index (χ2n) is 7.43. The predicted octanol–water partition coefficient (Wildman–Crippen LogP) is 3.87. The number of thioether (sulfide) groups is 1. The fraction of sp³-hybridized carbons (Fsp3) is 0.167. The van der Waals surface area contributed by atoms with Gasteiger partial charge in [0, 0.05) is 18.2 Å². The maximum absolute atomic E-state index is 12.7. The lowest BCUT2D eigenvalue weighted by molar-refractivity contribution is -0.119. The van der Waals surface area contributed by atoms with Crippen LogP contribution in [0.25, 0.3) is 17.1 Å².